The van der Waals surface area contributed by atoms with Gasteiger partial charge in [0.2, 0.25) is 5.91 Å². The van der Waals surface area contributed by atoms with E-state index in [0.717, 1.165) is 18.4 Å². The lowest BCUT2D eigenvalue weighted by Gasteiger charge is -2.31. The standard InChI is InChI=1S/C14H19NO3/c1-10(9-18-2)14(17)15-8-4-6-11-5-3-7-12(16)13(11)15/h3,5,7,10,16H,4,6,8-9H2,1-2H3. The first-order chi connectivity index (χ1) is 8.65. The van der Waals surface area contributed by atoms with Crippen LogP contribution < -0.4 is 4.90 Å². The lowest BCUT2D eigenvalue weighted by Crippen LogP contribution is -2.40. The van der Waals surface area contributed by atoms with Crippen molar-refractivity contribution in [1.82, 2.24) is 0 Å². The molecule has 0 aromatic heterocycles. The number of hydrogen-bond acceptors (Lipinski definition) is 3. The van der Waals surface area contributed by atoms with Gasteiger partial charge in [0, 0.05) is 13.7 Å². The monoisotopic (exact) mass is 249 g/mol. The maximum Gasteiger partial charge on any atom is 0.232 e. The largest absolute Gasteiger partial charge is 0.506 e. The van der Waals surface area contributed by atoms with E-state index in [1.165, 1.54) is 0 Å². The highest BCUT2D eigenvalue weighted by Crippen LogP contribution is 2.36. The van der Waals surface area contributed by atoms with Gasteiger partial charge in [0.25, 0.3) is 0 Å². The first-order valence-electron chi connectivity index (χ1n) is 6.26. The van der Waals surface area contributed by atoms with Crippen molar-refractivity contribution >= 4 is 11.6 Å². The average molecular weight is 249 g/mol. The molecule has 1 atom stereocenters. The summed E-state index contributed by atoms with van der Waals surface area (Å²) < 4.78 is 5.02. The second-order valence-electron chi connectivity index (χ2n) is 4.73. The molecule has 1 aromatic carbocycles. The number of rotatable bonds is 3. The van der Waals surface area contributed by atoms with E-state index in [1.807, 2.05) is 19.1 Å². The molecule has 1 aliphatic heterocycles. The summed E-state index contributed by atoms with van der Waals surface area (Å²) >= 11 is 0. The molecule has 0 bridgehead atoms. The van der Waals surface area contributed by atoms with Crippen LogP contribution in [0, 0.1) is 5.92 Å². The minimum absolute atomic E-state index is 0.0132. The number of fused-ring (bicyclic) bond motifs is 1. The molecule has 1 unspecified atom stereocenters. The summed E-state index contributed by atoms with van der Waals surface area (Å²) in [5, 5.41) is 9.96. The number of phenolic OH excluding ortho intramolecular Hbond substituents is 1. The second-order valence-corrected chi connectivity index (χ2v) is 4.73. The molecule has 0 fully saturated rings. The fourth-order valence-corrected chi connectivity index (χ4v) is 2.44. The quantitative estimate of drug-likeness (QED) is 0.890. The lowest BCUT2D eigenvalue weighted by atomic mass is 9.99. The van der Waals surface area contributed by atoms with E-state index < -0.39 is 0 Å². The summed E-state index contributed by atoms with van der Waals surface area (Å²) in [6, 6.07) is 5.42. The Bertz CT molecular complexity index is 445. The summed E-state index contributed by atoms with van der Waals surface area (Å²) in [6.07, 6.45) is 1.84. The third kappa shape index (κ3) is 2.34. The molecule has 0 radical (unpaired) electrons. The lowest BCUT2D eigenvalue weighted by molar-refractivity contribution is -0.123. The van der Waals surface area contributed by atoms with Crippen molar-refractivity contribution in [3.63, 3.8) is 0 Å². The van der Waals surface area contributed by atoms with Gasteiger partial charge in [0.1, 0.15) is 5.75 Å². The van der Waals surface area contributed by atoms with Crippen molar-refractivity contribution in [2.75, 3.05) is 25.2 Å². The number of aryl methyl sites for hydroxylation is 1. The Kier molecular flexibility index (Phi) is 3.87. The molecule has 1 aromatic rings. The normalized spacial score (nSPS) is 16.2. The van der Waals surface area contributed by atoms with Gasteiger partial charge >= 0.3 is 0 Å². The van der Waals surface area contributed by atoms with Crippen LogP contribution in [0.2, 0.25) is 0 Å². The third-order valence-corrected chi connectivity index (χ3v) is 3.30. The van der Waals surface area contributed by atoms with Crippen molar-refractivity contribution in [1.29, 1.82) is 0 Å². The topological polar surface area (TPSA) is 49.8 Å². The highest BCUT2D eigenvalue weighted by molar-refractivity contribution is 5.97. The van der Waals surface area contributed by atoms with E-state index >= 15 is 0 Å². The second kappa shape index (κ2) is 5.40. The van der Waals surface area contributed by atoms with Gasteiger partial charge in [-0.15, -0.1) is 0 Å². The van der Waals surface area contributed by atoms with Crippen LogP contribution in [-0.2, 0) is 16.0 Å². The maximum absolute atomic E-state index is 12.3. The fraction of sp³-hybridized carbons (Fsp3) is 0.500. The van der Waals surface area contributed by atoms with Gasteiger partial charge in [0.05, 0.1) is 18.2 Å². The Balaban J connectivity index is 2.30. The molecular formula is C14H19NO3. The van der Waals surface area contributed by atoms with E-state index in [4.69, 9.17) is 4.74 Å². The van der Waals surface area contributed by atoms with Crippen molar-refractivity contribution in [3.8, 4) is 5.75 Å². The van der Waals surface area contributed by atoms with Gasteiger partial charge in [-0.25, -0.2) is 0 Å². The number of benzene rings is 1. The van der Waals surface area contributed by atoms with Crippen molar-refractivity contribution in [2.45, 2.75) is 19.8 Å². The molecule has 0 saturated carbocycles. The number of para-hydroxylation sites is 1. The zero-order valence-corrected chi connectivity index (χ0v) is 10.8. The van der Waals surface area contributed by atoms with Crippen molar-refractivity contribution in [3.05, 3.63) is 23.8 Å². The summed E-state index contributed by atoms with van der Waals surface area (Å²) in [5.41, 5.74) is 1.72. The number of amides is 1. The van der Waals surface area contributed by atoms with E-state index in [0.29, 0.717) is 18.8 Å². The Morgan fingerprint density at radius 1 is 1.56 bits per heavy atom. The predicted octanol–water partition coefficient (Wildman–Crippen LogP) is 1.95. The zero-order chi connectivity index (χ0) is 13.1. The van der Waals surface area contributed by atoms with E-state index in [9.17, 15) is 9.90 Å². The summed E-state index contributed by atoms with van der Waals surface area (Å²) in [4.78, 5) is 14.0. The molecule has 18 heavy (non-hydrogen) atoms. The Morgan fingerprint density at radius 2 is 2.33 bits per heavy atom. The van der Waals surface area contributed by atoms with Gasteiger partial charge < -0.3 is 14.7 Å². The van der Waals surface area contributed by atoms with Crippen molar-refractivity contribution in [2.24, 2.45) is 5.92 Å². The number of carbonyl (C=O) groups excluding carboxylic acids is 1. The van der Waals surface area contributed by atoms with Gasteiger partial charge in [-0.2, -0.15) is 0 Å². The van der Waals surface area contributed by atoms with Gasteiger partial charge in [-0.1, -0.05) is 19.1 Å². The Morgan fingerprint density at radius 3 is 3.06 bits per heavy atom. The minimum atomic E-state index is -0.194. The predicted molar refractivity (Wildman–Crippen MR) is 69.8 cm³/mol. The molecular weight excluding hydrogens is 230 g/mol. The average Bonchev–Trinajstić information content (AvgIpc) is 2.38. The van der Waals surface area contributed by atoms with Crippen LogP contribution in [0.25, 0.3) is 0 Å². The molecule has 0 spiro atoms. The van der Waals surface area contributed by atoms with Crippen LogP contribution in [0.5, 0.6) is 5.75 Å². The number of methoxy groups -OCH3 is 1. The number of aromatic hydroxyl groups is 1. The zero-order valence-electron chi connectivity index (χ0n) is 10.8. The van der Waals surface area contributed by atoms with Crippen LogP contribution in [0.3, 0.4) is 0 Å². The molecule has 1 heterocycles. The molecule has 2 rings (SSSR count). The smallest absolute Gasteiger partial charge is 0.232 e. The number of anilines is 1. The molecule has 0 aliphatic carbocycles. The van der Waals surface area contributed by atoms with E-state index in [1.54, 1.807) is 18.1 Å². The third-order valence-electron chi connectivity index (χ3n) is 3.30. The number of hydrogen-bond donors (Lipinski definition) is 1. The van der Waals surface area contributed by atoms with Gasteiger partial charge in [0.15, 0.2) is 0 Å². The minimum Gasteiger partial charge on any atom is -0.506 e. The molecule has 98 valence electrons. The van der Waals surface area contributed by atoms with Crippen LogP contribution in [0.1, 0.15) is 18.9 Å². The van der Waals surface area contributed by atoms with Crippen LogP contribution >= 0.6 is 0 Å². The first-order valence-corrected chi connectivity index (χ1v) is 6.26. The van der Waals surface area contributed by atoms with Crippen LogP contribution in [-0.4, -0.2) is 31.3 Å². The number of ether oxygens (including phenoxy) is 1. The molecule has 1 amide bonds. The highest BCUT2D eigenvalue weighted by Gasteiger charge is 2.28. The Hall–Kier alpha value is -1.55. The SMILES string of the molecule is COCC(C)C(=O)N1CCCc2cccc(O)c21. The van der Waals surface area contributed by atoms with Crippen LogP contribution in [0.4, 0.5) is 5.69 Å². The molecule has 1 N–H and O–H groups in total. The maximum atomic E-state index is 12.3. The van der Waals surface area contributed by atoms with E-state index in [-0.39, 0.29) is 17.6 Å². The molecule has 4 heteroatoms. The highest BCUT2D eigenvalue weighted by atomic mass is 16.5. The number of carbonyl (C=O) groups is 1. The molecule has 0 saturated heterocycles. The molecule has 1 aliphatic rings. The molecule has 4 nitrogen and oxygen atoms in total. The van der Waals surface area contributed by atoms with Gasteiger partial charge in [-0.05, 0) is 24.5 Å². The van der Waals surface area contributed by atoms with E-state index in [2.05, 4.69) is 0 Å². The Labute approximate surface area is 107 Å². The summed E-state index contributed by atoms with van der Waals surface area (Å²) in [6.45, 7) is 2.91. The number of nitrogens with zero attached hydrogens (tertiary/aromatic N) is 1. The van der Waals surface area contributed by atoms with Gasteiger partial charge in [-0.3, -0.25) is 4.79 Å². The van der Waals surface area contributed by atoms with Crippen molar-refractivity contribution < 1.29 is 14.6 Å². The first kappa shape index (κ1) is 12.9. The van der Waals surface area contributed by atoms with Crippen LogP contribution in [0.15, 0.2) is 18.2 Å². The fourth-order valence-electron chi connectivity index (χ4n) is 2.44. The summed E-state index contributed by atoms with van der Waals surface area (Å²) in [5.74, 6) is 0.00465. The summed E-state index contributed by atoms with van der Waals surface area (Å²) in [7, 11) is 1.59. The number of phenols is 1.